The van der Waals surface area contributed by atoms with E-state index in [-0.39, 0.29) is 0 Å². The molecule has 4 heteroatoms. The highest BCUT2D eigenvalue weighted by Crippen LogP contribution is 2.25. The molecule has 2 rings (SSSR count). The molecule has 0 amide bonds. The smallest absolute Gasteiger partial charge is 0.128 e. The molecule has 1 unspecified atom stereocenters. The van der Waals surface area contributed by atoms with Gasteiger partial charge in [-0.15, -0.1) is 0 Å². The number of aromatic nitrogens is 1. The minimum Gasteiger partial charge on any atom is -0.496 e. The molecule has 0 spiro atoms. The molecule has 0 aliphatic carbocycles. The molecule has 1 saturated heterocycles. The van der Waals surface area contributed by atoms with Crippen LogP contribution in [0.15, 0.2) is 6.20 Å². The highest BCUT2D eigenvalue weighted by molar-refractivity contribution is 5.41. The van der Waals surface area contributed by atoms with E-state index in [4.69, 9.17) is 4.74 Å². The third kappa shape index (κ3) is 3.49. The van der Waals surface area contributed by atoms with Crippen LogP contribution in [-0.4, -0.2) is 42.7 Å². The quantitative estimate of drug-likeness (QED) is 0.916. The molecular formula is C16H27N3O. The zero-order valence-corrected chi connectivity index (χ0v) is 13.2. The van der Waals surface area contributed by atoms with E-state index in [9.17, 15) is 0 Å². The number of hydrogen-bond acceptors (Lipinski definition) is 4. The maximum absolute atomic E-state index is 5.50. The van der Waals surface area contributed by atoms with Crippen molar-refractivity contribution in [2.75, 3.05) is 26.7 Å². The summed E-state index contributed by atoms with van der Waals surface area (Å²) in [4.78, 5) is 7.13. The first-order valence-electron chi connectivity index (χ1n) is 7.60. The Bertz CT molecular complexity index is 448. The second kappa shape index (κ2) is 7.04. The highest BCUT2D eigenvalue weighted by Gasteiger charge is 2.18. The standard InChI is InChI=1S/C16H27N3O/c1-5-14-10-19(8-6-7-17-14)11-15-13(3)16(20-4)12(2)9-18-15/h9,14,17H,5-8,10-11H2,1-4H3. The van der Waals surface area contributed by atoms with Crippen LogP contribution in [0.25, 0.3) is 0 Å². The Hall–Kier alpha value is -1.13. The predicted molar refractivity (Wildman–Crippen MR) is 82.2 cm³/mol. The van der Waals surface area contributed by atoms with Crippen LogP contribution in [0.4, 0.5) is 0 Å². The van der Waals surface area contributed by atoms with Gasteiger partial charge >= 0.3 is 0 Å². The molecule has 1 fully saturated rings. The largest absolute Gasteiger partial charge is 0.496 e. The second-order valence-electron chi connectivity index (χ2n) is 5.69. The first-order chi connectivity index (χ1) is 9.65. The normalized spacial score (nSPS) is 20.7. The molecule has 1 atom stereocenters. The Morgan fingerprint density at radius 2 is 2.25 bits per heavy atom. The van der Waals surface area contributed by atoms with Gasteiger partial charge in [-0.1, -0.05) is 6.92 Å². The lowest BCUT2D eigenvalue weighted by atomic mass is 10.1. The van der Waals surface area contributed by atoms with E-state index in [0.29, 0.717) is 6.04 Å². The van der Waals surface area contributed by atoms with Gasteiger partial charge in [0.1, 0.15) is 5.75 Å². The number of aryl methyl sites for hydroxylation is 1. The molecule has 0 radical (unpaired) electrons. The maximum atomic E-state index is 5.50. The molecular weight excluding hydrogens is 250 g/mol. The summed E-state index contributed by atoms with van der Waals surface area (Å²) in [6.45, 7) is 10.7. The number of pyridine rings is 1. The van der Waals surface area contributed by atoms with Crippen LogP contribution in [0, 0.1) is 13.8 Å². The summed E-state index contributed by atoms with van der Waals surface area (Å²) in [5.41, 5.74) is 3.43. The fraction of sp³-hybridized carbons (Fsp3) is 0.688. The van der Waals surface area contributed by atoms with Crippen molar-refractivity contribution in [1.29, 1.82) is 0 Å². The molecule has 0 aromatic carbocycles. The fourth-order valence-electron chi connectivity index (χ4n) is 2.94. The Kier molecular flexibility index (Phi) is 5.38. The van der Waals surface area contributed by atoms with Gasteiger partial charge in [-0.3, -0.25) is 9.88 Å². The third-order valence-corrected chi connectivity index (χ3v) is 4.18. The van der Waals surface area contributed by atoms with Gasteiger partial charge in [0.25, 0.3) is 0 Å². The topological polar surface area (TPSA) is 37.4 Å². The van der Waals surface area contributed by atoms with E-state index in [2.05, 4.69) is 29.0 Å². The van der Waals surface area contributed by atoms with Crippen LogP contribution < -0.4 is 10.1 Å². The van der Waals surface area contributed by atoms with E-state index in [1.54, 1.807) is 7.11 Å². The van der Waals surface area contributed by atoms with Crippen molar-refractivity contribution in [3.63, 3.8) is 0 Å². The average Bonchev–Trinajstić information content (AvgIpc) is 2.68. The van der Waals surface area contributed by atoms with Crippen LogP contribution in [-0.2, 0) is 6.54 Å². The zero-order chi connectivity index (χ0) is 14.5. The lowest BCUT2D eigenvalue weighted by Gasteiger charge is -2.24. The Labute approximate surface area is 122 Å². The summed E-state index contributed by atoms with van der Waals surface area (Å²) in [6, 6.07) is 0.602. The molecule has 1 aliphatic heterocycles. The highest BCUT2D eigenvalue weighted by atomic mass is 16.5. The number of nitrogens with one attached hydrogen (secondary N) is 1. The molecule has 1 N–H and O–H groups in total. The van der Waals surface area contributed by atoms with Crippen LogP contribution in [0.5, 0.6) is 5.75 Å². The minimum atomic E-state index is 0.602. The first kappa shape index (κ1) is 15.3. The summed E-state index contributed by atoms with van der Waals surface area (Å²) >= 11 is 0. The van der Waals surface area contributed by atoms with Gasteiger partial charge in [0.2, 0.25) is 0 Å². The van der Waals surface area contributed by atoms with Crippen molar-refractivity contribution in [3.05, 3.63) is 23.0 Å². The molecule has 1 aliphatic rings. The van der Waals surface area contributed by atoms with E-state index in [0.717, 1.165) is 43.2 Å². The van der Waals surface area contributed by atoms with Crippen LogP contribution in [0.1, 0.15) is 36.6 Å². The minimum absolute atomic E-state index is 0.602. The van der Waals surface area contributed by atoms with Crippen molar-refractivity contribution in [2.24, 2.45) is 0 Å². The molecule has 20 heavy (non-hydrogen) atoms. The lowest BCUT2D eigenvalue weighted by Crippen LogP contribution is -2.37. The number of ether oxygens (including phenoxy) is 1. The SMILES string of the molecule is CCC1CN(Cc2ncc(C)c(OC)c2C)CCCN1. The van der Waals surface area contributed by atoms with Crippen LogP contribution in [0.3, 0.4) is 0 Å². The van der Waals surface area contributed by atoms with E-state index in [1.165, 1.54) is 18.4 Å². The van der Waals surface area contributed by atoms with Crippen molar-refractivity contribution < 1.29 is 4.74 Å². The monoisotopic (exact) mass is 277 g/mol. The van der Waals surface area contributed by atoms with Crippen molar-refractivity contribution >= 4 is 0 Å². The van der Waals surface area contributed by atoms with Gasteiger partial charge in [-0.25, -0.2) is 0 Å². The van der Waals surface area contributed by atoms with Gasteiger partial charge in [0, 0.05) is 36.5 Å². The van der Waals surface area contributed by atoms with Gasteiger partial charge in [-0.05, 0) is 39.8 Å². The van der Waals surface area contributed by atoms with Crippen molar-refractivity contribution in [2.45, 2.75) is 46.2 Å². The number of nitrogens with zero attached hydrogens (tertiary/aromatic N) is 2. The van der Waals surface area contributed by atoms with Gasteiger partial charge in [0.05, 0.1) is 12.8 Å². The molecule has 1 aromatic rings. The Morgan fingerprint density at radius 3 is 2.95 bits per heavy atom. The molecule has 2 heterocycles. The average molecular weight is 277 g/mol. The van der Waals surface area contributed by atoms with E-state index >= 15 is 0 Å². The van der Waals surface area contributed by atoms with Gasteiger partial charge < -0.3 is 10.1 Å². The second-order valence-corrected chi connectivity index (χ2v) is 5.69. The van der Waals surface area contributed by atoms with E-state index < -0.39 is 0 Å². The van der Waals surface area contributed by atoms with Crippen molar-refractivity contribution in [3.8, 4) is 5.75 Å². The van der Waals surface area contributed by atoms with Crippen LogP contribution >= 0.6 is 0 Å². The summed E-state index contributed by atoms with van der Waals surface area (Å²) in [7, 11) is 1.74. The number of hydrogen-bond donors (Lipinski definition) is 1. The lowest BCUT2D eigenvalue weighted by molar-refractivity contribution is 0.253. The summed E-state index contributed by atoms with van der Waals surface area (Å²) in [6.07, 6.45) is 4.31. The molecule has 1 aromatic heterocycles. The van der Waals surface area contributed by atoms with Crippen LogP contribution in [0.2, 0.25) is 0 Å². The Balaban J connectivity index is 2.12. The summed E-state index contributed by atoms with van der Waals surface area (Å²) < 4.78 is 5.50. The van der Waals surface area contributed by atoms with Gasteiger partial charge in [0.15, 0.2) is 0 Å². The Morgan fingerprint density at radius 1 is 1.45 bits per heavy atom. The molecule has 0 bridgehead atoms. The third-order valence-electron chi connectivity index (χ3n) is 4.18. The maximum Gasteiger partial charge on any atom is 0.128 e. The summed E-state index contributed by atoms with van der Waals surface area (Å²) in [5.74, 6) is 0.981. The molecule has 112 valence electrons. The summed E-state index contributed by atoms with van der Waals surface area (Å²) in [5, 5.41) is 3.61. The van der Waals surface area contributed by atoms with Crippen molar-refractivity contribution in [1.82, 2.24) is 15.2 Å². The van der Waals surface area contributed by atoms with E-state index in [1.807, 2.05) is 13.1 Å². The zero-order valence-electron chi connectivity index (χ0n) is 13.2. The predicted octanol–water partition coefficient (Wildman–Crippen LogP) is 2.28. The number of rotatable bonds is 4. The fourth-order valence-corrected chi connectivity index (χ4v) is 2.94. The molecule has 4 nitrogen and oxygen atoms in total. The molecule has 0 saturated carbocycles. The number of methoxy groups -OCH3 is 1. The van der Waals surface area contributed by atoms with Gasteiger partial charge in [-0.2, -0.15) is 0 Å². The first-order valence-corrected chi connectivity index (χ1v) is 7.60.